The van der Waals surface area contributed by atoms with Crippen LogP contribution >= 0.6 is 11.3 Å². The summed E-state index contributed by atoms with van der Waals surface area (Å²) >= 11 is 1.30. The van der Waals surface area contributed by atoms with Crippen molar-refractivity contribution in [1.29, 1.82) is 0 Å². The number of aryl methyl sites for hydroxylation is 2. The van der Waals surface area contributed by atoms with Gasteiger partial charge in [0.2, 0.25) is 0 Å². The Balaban J connectivity index is 1.93. The molecular weight excluding hydrogens is 324 g/mol. The molecule has 24 heavy (non-hydrogen) atoms. The lowest BCUT2D eigenvalue weighted by Crippen LogP contribution is -1.99. The van der Waals surface area contributed by atoms with Gasteiger partial charge >= 0.3 is 5.97 Å². The number of hydrogen-bond donors (Lipinski definition) is 0. The van der Waals surface area contributed by atoms with E-state index in [9.17, 15) is 4.79 Å². The summed E-state index contributed by atoms with van der Waals surface area (Å²) in [6, 6.07) is 9.84. The maximum absolute atomic E-state index is 11.7. The first-order valence-electron chi connectivity index (χ1n) is 7.35. The number of aromatic nitrogens is 2. The number of rotatable bonds is 4. The van der Waals surface area contributed by atoms with Crippen LogP contribution < -0.4 is 0 Å². The standard InChI is InChI=1S/C18H16N2O3S/c1-11-17(18(21)22-3)24-15(19-11)10-9-14-12(2)23-20-16(14)13-7-5-4-6-8-13/h4-10H,1-3H3. The van der Waals surface area contributed by atoms with Gasteiger partial charge in [-0.1, -0.05) is 35.5 Å². The molecule has 5 nitrogen and oxygen atoms in total. The van der Waals surface area contributed by atoms with E-state index in [4.69, 9.17) is 9.26 Å². The molecule has 0 amide bonds. The predicted molar refractivity (Wildman–Crippen MR) is 93.8 cm³/mol. The van der Waals surface area contributed by atoms with Crippen LogP contribution in [0.3, 0.4) is 0 Å². The number of methoxy groups -OCH3 is 1. The van der Waals surface area contributed by atoms with E-state index in [1.807, 2.05) is 49.4 Å². The van der Waals surface area contributed by atoms with E-state index in [0.717, 1.165) is 27.6 Å². The summed E-state index contributed by atoms with van der Waals surface area (Å²) < 4.78 is 10.1. The number of hydrogen-bond acceptors (Lipinski definition) is 6. The van der Waals surface area contributed by atoms with Gasteiger partial charge in [-0.15, -0.1) is 11.3 Å². The molecule has 2 aromatic heterocycles. The molecule has 0 unspecified atom stereocenters. The predicted octanol–water partition coefficient (Wildman–Crippen LogP) is 4.37. The number of carbonyl (C=O) groups is 1. The van der Waals surface area contributed by atoms with Gasteiger partial charge < -0.3 is 9.26 Å². The van der Waals surface area contributed by atoms with Crippen molar-refractivity contribution in [3.8, 4) is 11.3 Å². The van der Waals surface area contributed by atoms with Crippen LogP contribution in [0.5, 0.6) is 0 Å². The van der Waals surface area contributed by atoms with E-state index in [1.165, 1.54) is 18.4 Å². The Morgan fingerprint density at radius 2 is 1.96 bits per heavy atom. The highest BCUT2D eigenvalue weighted by Gasteiger charge is 2.15. The first kappa shape index (κ1) is 16.1. The minimum absolute atomic E-state index is 0.365. The number of nitrogens with zero attached hydrogens (tertiary/aromatic N) is 2. The van der Waals surface area contributed by atoms with E-state index >= 15 is 0 Å². The average molecular weight is 340 g/mol. The normalized spacial score (nSPS) is 11.1. The van der Waals surface area contributed by atoms with Crippen molar-refractivity contribution < 1.29 is 14.1 Å². The summed E-state index contributed by atoms with van der Waals surface area (Å²) in [5.41, 5.74) is 3.33. The molecule has 0 radical (unpaired) electrons. The van der Waals surface area contributed by atoms with Crippen molar-refractivity contribution in [3.63, 3.8) is 0 Å². The lowest BCUT2D eigenvalue weighted by atomic mass is 10.1. The van der Waals surface area contributed by atoms with Crippen LogP contribution in [0.25, 0.3) is 23.4 Å². The Labute approximate surface area is 143 Å². The molecule has 0 aliphatic heterocycles. The number of thiazole rings is 1. The molecule has 0 atom stereocenters. The molecule has 6 heteroatoms. The highest BCUT2D eigenvalue weighted by Crippen LogP contribution is 2.28. The summed E-state index contributed by atoms with van der Waals surface area (Å²) in [5.74, 6) is 0.363. The Kier molecular flexibility index (Phi) is 4.57. The third-order valence-electron chi connectivity index (χ3n) is 3.53. The number of carbonyl (C=O) groups excluding carboxylic acids is 1. The van der Waals surface area contributed by atoms with Crippen molar-refractivity contribution >= 4 is 29.5 Å². The van der Waals surface area contributed by atoms with Crippen LogP contribution in [0, 0.1) is 13.8 Å². The maximum Gasteiger partial charge on any atom is 0.349 e. The zero-order chi connectivity index (χ0) is 17.1. The van der Waals surface area contributed by atoms with Crippen molar-refractivity contribution in [3.05, 3.63) is 57.2 Å². The van der Waals surface area contributed by atoms with Gasteiger partial charge in [-0.3, -0.25) is 0 Å². The fourth-order valence-corrected chi connectivity index (χ4v) is 3.19. The zero-order valence-electron chi connectivity index (χ0n) is 13.6. The van der Waals surface area contributed by atoms with Gasteiger partial charge in [-0.05, 0) is 26.0 Å². The first-order valence-corrected chi connectivity index (χ1v) is 8.17. The monoisotopic (exact) mass is 340 g/mol. The van der Waals surface area contributed by atoms with E-state index in [2.05, 4.69) is 10.1 Å². The molecule has 0 aliphatic carbocycles. The van der Waals surface area contributed by atoms with Crippen LogP contribution in [0.2, 0.25) is 0 Å². The Hall–Kier alpha value is -2.73. The van der Waals surface area contributed by atoms with E-state index in [0.29, 0.717) is 10.6 Å². The van der Waals surface area contributed by atoms with Crippen LogP contribution in [-0.4, -0.2) is 23.2 Å². The molecule has 3 rings (SSSR count). The number of ether oxygens (including phenoxy) is 1. The van der Waals surface area contributed by atoms with Gasteiger partial charge in [-0.25, -0.2) is 9.78 Å². The van der Waals surface area contributed by atoms with E-state index in [1.54, 1.807) is 6.92 Å². The van der Waals surface area contributed by atoms with Crippen molar-refractivity contribution in [2.75, 3.05) is 7.11 Å². The minimum atomic E-state index is -0.365. The fourth-order valence-electron chi connectivity index (χ4n) is 2.30. The molecule has 0 fully saturated rings. The van der Waals surface area contributed by atoms with Crippen molar-refractivity contribution in [2.24, 2.45) is 0 Å². The molecule has 0 N–H and O–H groups in total. The smallest absolute Gasteiger partial charge is 0.349 e. The molecular formula is C18H16N2O3S. The third-order valence-corrected chi connectivity index (χ3v) is 4.63. The summed E-state index contributed by atoms with van der Waals surface area (Å²) in [5, 5.41) is 4.87. The molecule has 2 heterocycles. The second kappa shape index (κ2) is 6.80. The van der Waals surface area contributed by atoms with Crippen LogP contribution in [0.1, 0.15) is 31.7 Å². The second-order valence-corrected chi connectivity index (χ2v) is 6.19. The van der Waals surface area contributed by atoms with Crippen LogP contribution in [0.15, 0.2) is 34.9 Å². The summed E-state index contributed by atoms with van der Waals surface area (Å²) in [6.45, 7) is 3.66. The first-order chi connectivity index (χ1) is 11.6. The molecule has 1 aromatic carbocycles. The Morgan fingerprint density at radius 3 is 2.67 bits per heavy atom. The number of benzene rings is 1. The topological polar surface area (TPSA) is 65.2 Å². The average Bonchev–Trinajstić information content (AvgIpc) is 3.15. The number of esters is 1. The molecule has 0 spiro atoms. The molecule has 0 bridgehead atoms. The van der Waals surface area contributed by atoms with E-state index < -0.39 is 0 Å². The fraction of sp³-hybridized carbons (Fsp3) is 0.167. The SMILES string of the molecule is COC(=O)c1sc(C=Cc2c(-c3ccccc3)noc2C)nc1C. The van der Waals surface area contributed by atoms with Gasteiger partial charge in [0.15, 0.2) is 0 Å². The van der Waals surface area contributed by atoms with Crippen LogP contribution in [0.4, 0.5) is 0 Å². The third kappa shape index (κ3) is 3.14. The minimum Gasteiger partial charge on any atom is -0.465 e. The van der Waals surface area contributed by atoms with Crippen molar-refractivity contribution in [1.82, 2.24) is 10.1 Å². The summed E-state index contributed by atoms with van der Waals surface area (Å²) in [7, 11) is 1.36. The maximum atomic E-state index is 11.7. The lowest BCUT2D eigenvalue weighted by Gasteiger charge is -1.97. The van der Waals surface area contributed by atoms with Crippen molar-refractivity contribution in [2.45, 2.75) is 13.8 Å². The molecule has 122 valence electrons. The highest BCUT2D eigenvalue weighted by atomic mass is 32.1. The largest absolute Gasteiger partial charge is 0.465 e. The van der Waals surface area contributed by atoms with Crippen LogP contribution in [-0.2, 0) is 4.74 Å². The molecule has 0 saturated heterocycles. The summed E-state index contributed by atoms with van der Waals surface area (Å²) in [6.07, 6.45) is 3.77. The quantitative estimate of drug-likeness (QED) is 0.660. The van der Waals surface area contributed by atoms with Gasteiger partial charge in [0, 0.05) is 11.1 Å². The lowest BCUT2D eigenvalue weighted by molar-refractivity contribution is 0.0605. The molecule has 3 aromatic rings. The van der Waals surface area contributed by atoms with Gasteiger partial charge in [-0.2, -0.15) is 0 Å². The highest BCUT2D eigenvalue weighted by molar-refractivity contribution is 7.14. The second-order valence-electron chi connectivity index (χ2n) is 5.16. The summed E-state index contributed by atoms with van der Waals surface area (Å²) in [4.78, 5) is 16.6. The molecule has 0 saturated carbocycles. The Morgan fingerprint density at radius 1 is 1.21 bits per heavy atom. The van der Waals surface area contributed by atoms with E-state index in [-0.39, 0.29) is 5.97 Å². The van der Waals surface area contributed by atoms with Gasteiger partial charge in [0.05, 0.1) is 12.8 Å². The Bertz CT molecular complexity index is 894. The van der Waals surface area contributed by atoms with Gasteiger partial charge in [0.1, 0.15) is 21.3 Å². The molecule has 0 aliphatic rings. The zero-order valence-corrected chi connectivity index (χ0v) is 14.4. The van der Waals surface area contributed by atoms with Gasteiger partial charge in [0.25, 0.3) is 0 Å².